The van der Waals surface area contributed by atoms with Crippen LogP contribution < -0.4 is 0 Å². The Bertz CT molecular complexity index is 955. The summed E-state index contributed by atoms with van der Waals surface area (Å²) in [5, 5.41) is 12.4. The summed E-state index contributed by atoms with van der Waals surface area (Å²) in [6.45, 7) is 1.82. The maximum Gasteiger partial charge on any atom is 0.192 e. The van der Waals surface area contributed by atoms with Crippen LogP contribution in [0.25, 0.3) is 33.0 Å². The third kappa shape index (κ3) is 1.71. The second-order valence-electron chi connectivity index (χ2n) is 5.05. The minimum Gasteiger partial charge on any atom is -0.507 e. The number of oxazole rings is 1. The van der Waals surface area contributed by atoms with Crippen LogP contribution in [0.5, 0.6) is 5.75 Å². The topological polar surface area (TPSA) is 46.3 Å². The zero-order chi connectivity index (χ0) is 14.4. The molecule has 0 spiro atoms. The first-order valence-corrected chi connectivity index (χ1v) is 6.82. The maximum atomic E-state index is 10.7. The minimum atomic E-state index is 0.248. The van der Waals surface area contributed by atoms with Gasteiger partial charge >= 0.3 is 0 Å². The number of nitrogens with zero attached hydrogens (tertiary/aromatic N) is 1. The van der Waals surface area contributed by atoms with Crippen molar-refractivity contribution in [3.05, 3.63) is 60.5 Å². The van der Waals surface area contributed by atoms with Gasteiger partial charge in [-0.05, 0) is 5.56 Å². The molecule has 0 fully saturated rings. The lowest BCUT2D eigenvalue weighted by Gasteiger charge is -2.09. The molecule has 4 aromatic rings. The van der Waals surface area contributed by atoms with Crippen LogP contribution in [0.3, 0.4) is 0 Å². The van der Waals surface area contributed by atoms with Crippen LogP contribution in [0.15, 0.2) is 59.0 Å². The molecule has 4 rings (SSSR count). The van der Waals surface area contributed by atoms with E-state index in [1.165, 1.54) is 0 Å². The van der Waals surface area contributed by atoms with Crippen molar-refractivity contribution in [3.8, 4) is 16.9 Å². The third-order valence-electron chi connectivity index (χ3n) is 3.70. The van der Waals surface area contributed by atoms with Crippen LogP contribution in [0, 0.1) is 6.92 Å². The van der Waals surface area contributed by atoms with E-state index < -0.39 is 0 Å². The number of hydrogen-bond donors (Lipinski definition) is 1. The molecule has 0 aliphatic rings. The Morgan fingerprint density at radius 3 is 2.33 bits per heavy atom. The standard InChI is InChI=1S/C18H13NO2/c1-11-19-16-15(12-7-3-2-4-8-12)17(20)13-9-5-6-10-14(13)18(16)21-11/h2-10,20H,1H3. The van der Waals surface area contributed by atoms with Crippen molar-refractivity contribution in [1.29, 1.82) is 0 Å². The summed E-state index contributed by atoms with van der Waals surface area (Å²) in [6, 6.07) is 17.5. The molecule has 0 amide bonds. The van der Waals surface area contributed by atoms with E-state index in [1.54, 1.807) is 0 Å². The highest BCUT2D eigenvalue weighted by Gasteiger charge is 2.19. The molecule has 1 aromatic heterocycles. The number of phenolic OH excluding ortho intramolecular Hbond substituents is 1. The van der Waals surface area contributed by atoms with Crippen molar-refractivity contribution in [2.75, 3.05) is 0 Å². The fourth-order valence-corrected chi connectivity index (χ4v) is 2.79. The molecule has 0 atom stereocenters. The molecule has 3 nitrogen and oxygen atoms in total. The number of aromatic hydroxyl groups is 1. The predicted molar refractivity (Wildman–Crippen MR) is 83.4 cm³/mol. The Balaban J connectivity index is 2.25. The highest BCUT2D eigenvalue weighted by Crippen LogP contribution is 2.42. The van der Waals surface area contributed by atoms with E-state index in [4.69, 9.17) is 4.42 Å². The second kappa shape index (κ2) is 4.35. The van der Waals surface area contributed by atoms with Gasteiger partial charge in [0.2, 0.25) is 0 Å². The zero-order valence-corrected chi connectivity index (χ0v) is 11.5. The van der Waals surface area contributed by atoms with E-state index >= 15 is 0 Å². The molecule has 1 heterocycles. The molecule has 3 heteroatoms. The van der Waals surface area contributed by atoms with Crippen LogP contribution in [0.2, 0.25) is 0 Å². The van der Waals surface area contributed by atoms with Crippen LogP contribution in [0.4, 0.5) is 0 Å². The lowest BCUT2D eigenvalue weighted by molar-refractivity contribution is 0.484. The lowest BCUT2D eigenvalue weighted by atomic mass is 9.98. The van der Waals surface area contributed by atoms with E-state index in [1.807, 2.05) is 61.5 Å². The monoisotopic (exact) mass is 275 g/mol. The predicted octanol–water partition coefficient (Wildman–Crippen LogP) is 4.66. The van der Waals surface area contributed by atoms with Gasteiger partial charge in [0.05, 0.1) is 5.56 Å². The van der Waals surface area contributed by atoms with E-state index in [9.17, 15) is 5.11 Å². The van der Waals surface area contributed by atoms with E-state index in [0.717, 1.165) is 27.5 Å². The molecule has 1 N–H and O–H groups in total. The molecule has 0 bridgehead atoms. The zero-order valence-electron chi connectivity index (χ0n) is 11.5. The molecule has 102 valence electrons. The quantitative estimate of drug-likeness (QED) is 0.549. The average Bonchev–Trinajstić information content (AvgIpc) is 2.90. The summed E-state index contributed by atoms with van der Waals surface area (Å²) in [5.74, 6) is 0.843. The summed E-state index contributed by atoms with van der Waals surface area (Å²) in [5.41, 5.74) is 3.08. The van der Waals surface area contributed by atoms with Crippen molar-refractivity contribution in [1.82, 2.24) is 4.98 Å². The fourth-order valence-electron chi connectivity index (χ4n) is 2.79. The Morgan fingerprint density at radius 2 is 1.57 bits per heavy atom. The van der Waals surface area contributed by atoms with Crippen molar-refractivity contribution in [2.24, 2.45) is 0 Å². The van der Waals surface area contributed by atoms with Crippen LogP contribution in [0.1, 0.15) is 5.89 Å². The van der Waals surface area contributed by atoms with Crippen LogP contribution >= 0.6 is 0 Å². The Morgan fingerprint density at radius 1 is 0.905 bits per heavy atom. The van der Waals surface area contributed by atoms with Crippen molar-refractivity contribution in [2.45, 2.75) is 6.92 Å². The van der Waals surface area contributed by atoms with Crippen LogP contribution in [-0.2, 0) is 0 Å². The summed E-state index contributed by atoms with van der Waals surface area (Å²) in [6.07, 6.45) is 0. The smallest absolute Gasteiger partial charge is 0.192 e. The summed E-state index contributed by atoms with van der Waals surface area (Å²) in [7, 11) is 0. The number of fused-ring (bicyclic) bond motifs is 3. The van der Waals surface area contributed by atoms with Gasteiger partial charge in [-0.25, -0.2) is 4.98 Å². The van der Waals surface area contributed by atoms with Gasteiger partial charge in [-0.15, -0.1) is 0 Å². The van der Waals surface area contributed by atoms with Crippen molar-refractivity contribution >= 4 is 21.9 Å². The minimum absolute atomic E-state index is 0.248. The average molecular weight is 275 g/mol. The normalized spacial score (nSPS) is 11.3. The second-order valence-corrected chi connectivity index (χ2v) is 5.05. The van der Waals surface area contributed by atoms with Gasteiger partial charge in [0.1, 0.15) is 11.3 Å². The van der Waals surface area contributed by atoms with Gasteiger partial charge in [0, 0.05) is 17.7 Å². The largest absolute Gasteiger partial charge is 0.507 e. The van der Waals surface area contributed by atoms with Crippen molar-refractivity contribution < 1.29 is 9.52 Å². The maximum absolute atomic E-state index is 10.7. The molecular weight excluding hydrogens is 262 g/mol. The highest BCUT2D eigenvalue weighted by atomic mass is 16.3. The van der Waals surface area contributed by atoms with Gasteiger partial charge in [0.25, 0.3) is 0 Å². The number of aryl methyl sites for hydroxylation is 1. The fraction of sp³-hybridized carbons (Fsp3) is 0.0556. The number of rotatable bonds is 1. The summed E-state index contributed by atoms with van der Waals surface area (Å²) < 4.78 is 5.78. The number of hydrogen-bond acceptors (Lipinski definition) is 3. The molecule has 0 aliphatic carbocycles. The molecular formula is C18H13NO2. The molecule has 0 unspecified atom stereocenters. The van der Waals surface area contributed by atoms with Gasteiger partial charge in [-0.2, -0.15) is 0 Å². The Hall–Kier alpha value is -2.81. The molecule has 21 heavy (non-hydrogen) atoms. The molecule has 0 radical (unpaired) electrons. The van der Waals surface area contributed by atoms with E-state index in [0.29, 0.717) is 11.4 Å². The van der Waals surface area contributed by atoms with E-state index in [2.05, 4.69) is 4.98 Å². The molecule has 3 aromatic carbocycles. The molecule has 0 saturated heterocycles. The van der Waals surface area contributed by atoms with Gasteiger partial charge in [-0.3, -0.25) is 0 Å². The van der Waals surface area contributed by atoms with E-state index in [-0.39, 0.29) is 5.75 Å². The first kappa shape index (κ1) is 12.0. The third-order valence-corrected chi connectivity index (χ3v) is 3.70. The Kier molecular flexibility index (Phi) is 2.48. The number of benzene rings is 3. The van der Waals surface area contributed by atoms with Crippen LogP contribution in [-0.4, -0.2) is 10.1 Å². The number of phenols is 1. The van der Waals surface area contributed by atoms with Gasteiger partial charge < -0.3 is 9.52 Å². The molecule has 0 saturated carbocycles. The van der Waals surface area contributed by atoms with Crippen molar-refractivity contribution in [3.63, 3.8) is 0 Å². The lowest BCUT2D eigenvalue weighted by Crippen LogP contribution is -1.85. The summed E-state index contributed by atoms with van der Waals surface area (Å²) in [4.78, 5) is 4.47. The summed E-state index contributed by atoms with van der Waals surface area (Å²) >= 11 is 0. The first-order valence-electron chi connectivity index (χ1n) is 6.82. The first-order chi connectivity index (χ1) is 10.3. The van der Waals surface area contributed by atoms with Gasteiger partial charge in [0.15, 0.2) is 11.5 Å². The number of aromatic nitrogens is 1. The molecule has 0 aliphatic heterocycles. The SMILES string of the molecule is Cc1nc2c(-c3ccccc3)c(O)c3ccccc3c2o1. The van der Waals surface area contributed by atoms with Gasteiger partial charge in [-0.1, -0.05) is 54.6 Å². The highest BCUT2D eigenvalue weighted by molar-refractivity contribution is 6.13. The Labute approximate surface area is 121 Å².